The predicted octanol–water partition coefficient (Wildman–Crippen LogP) is 4.12. The van der Waals surface area contributed by atoms with E-state index in [-0.39, 0.29) is 0 Å². The molecule has 2 aromatic rings. The minimum absolute atomic E-state index is 0.312. The van der Waals surface area contributed by atoms with Crippen LogP contribution in [0.15, 0.2) is 46.9 Å². The van der Waals surface area contributed by atoms with Gasteiger partial charge in [-0.2, -0.15) is 5.26 Å². The molecule has 2 rings (SSSR count). The average Bonchev–Trinajstić information content (AvgIpc) is 2.45. The predicted molar refractivity (Wildman–Crippen MR) is 83.8 cm³/mol. The molecule has 2 N–H and O–H groups in total. The molecule has 1 unspecified atom stereocenters. The summed E-state index contributed by atoms with van der Waals surface area (Å²) in [5, 5.41) is 22.9. The molecule has 0 aliphatic heterocycles. The van der Waals surface area contributed by atoms with Crippen LogP contribution < -0.4 is 5.32 Å². The van der Waals surface area contributed by atoms with Gasteiger partial charge in [0.1, 0.15) is 6.07 Å². The molecule has 20 heavy (non-hydrogen) atoms. The molecule has 102 valence electrons. The SMILES string of the molecule is N#Cc1ccc(Br)cc1NCC(O)c1ccc(Cl)cc1. The van der Waals surface area contributed by atoms with Crippen LogP contribution in [0.2, 0.25) is 5.02 Å². The summed E-state index contributed by atoms with van der Waals surface area (Å²) in [4.78, 5) is 0. The zero-order chi connectivity index (χ0) is 14.5. The van der Waals surface area contributed by atoms with Crippen molar-refractivity contribution in [3.05, 3.63) is 63.1 Å². The fraction of sp³-hybridized carbons (Fsp3) is 0.133. The second kappa shape index (κ2) is 6.76. The van der Waals surface area contributed by atoms with E-state index in [1.54, 1.807) is 36.4 Å². The van der Waals surface area contributed by atoms with E-state index in [2.05, 4.69) is 27.3 Å². The molecule has 0 spiro atoms. The van der Waals surface area contributed by atoms with Gasteiger partial charge in [-0.3, -0.25) is 0 Å². The zero-order valence-corrected chi connectivity index (χ0v) is 12.8. The number of hydrogen-bond acceptors (Lipinski definition) is 3. The molecule has 0 saturated carbocycles. The topological polar surface area (TPSA) is 56.0 Å². The molecule has 2 aromatic carbocycles. The highest BCUT2D eigenvalue weighted by atomic mass is 79.9. The van der Waals surface area contributed by atoms with Crippen LogP contribution in [-0.2, 0) is 0 Å². The van der Waals surface area contributed by atoms with Gasteiger partial charge >= 0.3 is 0 Å². The lowest BCUT2D eigenvalue weighted by molar-refractivity contribution is 0.191. The lowest BCUT2D eigenvalue weighted by Gasteiger charge is -2.14. The molecule has 0 saturated heterocycles. The largest absolute Gasteiger partial charge is 0.387 e. The van der Waals surface area contributed by atoms with Gasteiger partial charge in [0.05, 0.1) is 17.4 Å². The van der Waals surface area contributed by atoms with Crippen molar-refractivity contribution in [3.8, 4) is 6.07 Å². The number of anilines is 1. The lowest BCUT2D eigenvalue weighted by Crippen LogP contribution is -2.12. The number of halogens is 2. The minimum atomic E-state index is -0.669. The van der Waals surface area contributed by atoms with Gasteiger partial charge in [-0.15, -0.1) is 0 Å². The molecule has 0 aliphatic rings. The monoisotopic (exact) mass is 350 g/mol. The van der Waals surface area contributed by atoms with Crippen molar-refractivity contribution in [3.63, 3.8) is 0 Å². The van der Waals surface area contributed by atoms with Crippen molar-refractivity contribution in [2.45, 2.75) is 6.10 Å². The molecular formula is C15H12BrClN2O. The summed E-state index contributed by atoms with van der Waals surface area (Å²) >= 11 is 9.17. The quantitative estimate of drug-likeness (QED) is 0.871. The number of aliphatic hydroxyl groups is 1. The molecule has 0 radical (unpaired) electrons. The molecular weight excluding hydrogens is 340 g/mol. The zero-order valence-electron chi connectivity index (χ0n) is 10.5. The number of nitrogens with one attached hydrogen (secondary N) is 1. The summed E-state index contributed by atoms with van der Waals surface area (Å²) in [5.41, 5.74) is 2.00. The Morgan fingerprint density at radius 1 is 1.25 bits per heavy atom. The Labute approximate surface area is 130 Å². The number of nitriles is 1. The normalized spacial score (nSPS) is 11.7. The number of aliphatic hydroxyl groups excluding tert-OH is 1. The fourth-order valence-corrected chi connectivity index (χ4v) is 2.26. The summed E-state index contributed by atoms with van der Waals surface area (Å²) in [6.07, 6.45) is -0.669. The first-order valence-corrected chi connectivity index (χ1v) is 7.14. The van der Waals surface area contributed by atoms with Gasteiger partial charge < -0.3 is 10.4 Å². The van der Waals surface area contributed by atoms with E-state index in [1.807, 2.05) is 6.07 Å². The van der Waals surface area contributed by atoms with Crippen molar-refractivity contribution >= 4 is 33.2 Å². The van der Waals surface area contributed by atoms with Crippen LogP contribution in [0.3, 0.4) is 0 Å². The molecule has 0 amide bonds. The second-order valence-corrected chi connectivity index (χ2v) is 5.60. The highest BCUT2D eigenvalue weighted by Crippen LogP contribution is 2.22. The number of nitrogens with zero attached hydrogens (tertiary/aromatic N) is 1. The van der Waals surface area contributed by atoms with Crippen molar-refractivity contribution < 1.29 is 5.11 Å². The van der Waals surface area contributed by atoms with Crippen LogP contribution in [0, 0.1) is 11.3 Å². The molecule has 0 aliphatic carbocycles. The van der Waals surface area contributed by atoms with Gasteiger partial charge in [-0.05, 0) is 35.9 Å². The van der Waals surface area contributed by atoms with Crippen LogP contribution >= 0.6 is 27.5 Å². The third kappa shape index (κ3) is 3.73. The third-order valence-corrected chi connectivity index (χ3v) is 3.59. The van der Waals surface area contributed by atoms with Crippen LogP contribution in [-0.4, -0.2) is 11.7 Å². The van der Waals surface area contributed by atoms with Gasteiger partial charge in [0, 0.05) is 16.0 Å². The average molecular weight is 352 g/mol. The van der Waals surface area contributed by atoms with Gasteiger partial charge in [0.2, 0.25) is 0 Å². The molecule has 0 heterocycles. The maximum atomic E-state index is 10.1. The van der Waals surface area contributed by atoms with Gasteiger partial charge in [-0.1, -0.05) is 39.7 Å². The number of hydrogen-bond donors (Lipinski definition) is 2. The molecule has 0 bridgehead atoms. The summed E-state index contributed by atoms with van der Waals surface area (Å²) < 4.78 is 0.875. The highest BCUT2D eigenvalue weighted by molar-refractivity contribution is 9.10. The maximum Gasteiger partial charge on any atom is 0.101 e. The molecule has 1 atom stereocenters. The first kappa shape index (κ1) is 14.9. The van der Waals surface area contributed by atoms with Gasteiger partial charge in [0.25, 0.3) is 0 Å². The van der Waals surface area contributed by atoms with Crippen LogP contribution in [0.25, 0.3) is 0 Å². The Balaban J connectivity index is 2.07. The third-order valence-electron chi connectivity index (χ3n) is 2.84. The van der Waals surface area contributed by atoms with E-state index in [0.29, 0.717) is 22.8 Å². The van der Waals surface area contributed by atoms with Crippen molar-refractivity contribution in [1.82, 2.24) is 0 Å². The summed E-state index contributed by atoms with van der Waals surface area (Å²) in [7, 11) is 0. The molecule has 5 heteroatoms. The summed E-state index contributed by atoms with van der Waals surface area (Å²) in [5.74, 6) is 0. The van der Waals surface area contributed by atoms with Crippen molar-refractivity contribution in [2.75, 3.05) is 11.9 Å². The Bertz CT molecular complexity index is 637. The molecule has 3 nitrogen and oxygen atoms in total. The van der Waals surface area contributed by atoms with Gasteiger partial charge in [-0.25, -0.2) is 0 Å². The van der Waals surface area contributed by atoms with Crippen LogP contribution in [0.1, 0.15) is 17.2 Å². The van der Waals surface area contributed by atoms with E-state index >= 15 is 0 Å². The van der Waals surface area contributed by atoms with E-state index in [4.69, 9.17) is 16.9 Å². The number of rotatable bonds is 4. The van der Waals surface area contributed by atoms with E-state index in [0.717, 1.165) is 10.0 Å². The Morgan fingerprint density at radius 3 is 2.60 bits per heavy atom. The maximum absolute atomic E-state index is 10.1. The van der Waals surface area contributed by atoms with Crippen LogP contribution in [0.4, 0.5) is 5.69 Å². The smallest absolute Gasteiger partial charge is 0.101 e. The first-order chi connectivity index (χ1) is 9.60. The lowest BCUT2D eigenvalue weighted by atomic mass is 10.1. The van der Waals surface area contributed by atoms with Gasteiger partial charge in [0.15, 0.2) is 0 Å². The summed E-state index contributed by atoms with van der Waals surface area (Å²) in [6, 6.07) is 14.5. The first-order valence-electron chi connectivity index (χ1n) is 5.97. The van der Waals surface area contributed by atoms with Crippen molar-refractivity contribution in [2.24, 2.45) is 0 Å². The highest BCUT2D eigenvalue weighted by Gasteiger charge is 2.09. The minimum Gasteiger partial charge on any atom is -0.387 e. The Kier molecular flexibility index (Phi) is 5.02. The Morgan fingerprint density at radius 2 is 1.95 bits per heavy atom. The van der Waals surface area contributed by atoms with E-state index in [9.17, 15) is 5.11 Å². The molecule has 0 fully saturated rings. The summed E-state index contributed by atoms with van der Waals surface area (Å²) in [6.45, 7) is 0.312. The Hall–Kier alpha value is -1.54. The van der Waals surface area contributed by atoms with E-state index in [1.165, 1.54) is 0 Å². The molecule has 0 aromatic heterocycles. The number of benzene rings is 2. The van der Waals surface area contributed by atoms with Crippen LogP contribution in [0.5, 0.6) is 0 Å². The van der Waals surface area contributed by atoms with Crippen molar-refractivity contribution in [1.29, 1.82) is 5.26 Å². The van der Waals surface area contributed by atoms with E-state index < -0.39 is 6.10 Å². The second-order valence-electron chi connectivity index (χ2n) is 4.25. The standard InChI is InChI=1S/C15H12BrClN2O/c16-12-4-1-11(8-18)14(7-12)19-9-15(20)10-2-5-13(17)6-3-10/h1-7,15,19-20H,9H2. The fourth-order valence-electron chi connectivity index (χ4n) is 1.77.